The van der Waals surface area contributed by atoms with Gasteiger partial charge in [-0.25, -0.2) is 0 Å². The number of phenolic OH excluding ortho intramolecular Hbond substituents is 1. The summed E-state index contributed by atoms with van der Waals surface area (Å²) in [7, 11) is -2.03. The number of fused-ring (bicyclic) bond motifs is 3. The normalized spacial score (nSPS) is 11.5. The SMILES string of the molecule is Cc1cc(-c2ccc3c4ccccc4n(-c4ccccc4O)c3n2)[c-]c([Si](C)(C)c2ccccn2)c1.[Pt]. The van der Waals surface area contributed by atoms with E-state index in [0.29, 0.717) is 5.69 Å². The zero-order valence-corrected chi connectivity index (χ0v) is 24.1. The molecule has 0 aliphatic heterocycles. The fourth-order valence-electron chi connectivity index (χ4n) is 4.95. The van der Waals surface area contributed by atoms with Crippen LogP contribution in [-0.2, 0) is 21.1 Å². The Labute approximate surface area is 231 Å². The third-order valence-corrected chi connectivity index (χ3v) is 10.1. The number of pyridine rings is 2. The van der Waals surface area contributed by atoms with Crippen molar-refractivity contribution in [1.82, 2.24) is 14.5 Å². The van der Waals surface area contributed by atoms with Gasteiger partial charge in [0.25, 0.3) is 0 Å². The van der Waals surface area contributed by atoms with Gasteiger partial charge in [-0.3, -0.25) is 14.5 Å². The zero-order valence-electron chi connectivity index (χ0n) is 20.8. The number of benzene rings is 3. The Kier molecular flexibility index (Phi) is 6.61. The molecule has 6 aromatic rings. The Balaban J connectivity index is 0.00000280. The second kappa shape index (κ2) is 9.73. The number of aromatic hydroxyl groups is 1. The summed E-state index contributed by atoms with van der Waals surface area (Å²) in [4.78, 5) is 9.83. The van der Waals surface area contributed by atoms with Crippen molar-refractivity contribution in [3.8, 4) is 22.7 Å². The third-order valence-electron chi connectivity index (χ3n) is 6.91. The van der Waals surface area contributed by atoms with Crippen LogP contribution < -0.4 is 10.5 Å². The van der Waals surface area contributed by atoms with Crippen molar-refractivity contribution >= 4 is 40.5 Å². The Morgan fingerprint density at radius 3 is 2.38 bits per heavy atom. The molecule has 4 nitrogen and oxygen atoms in total. The van der Waals surface area contributed by atoms with E-state index in [2.05, 4.69) is 79.6 Å². The molecule has 0 amide bonds. The van der Waals surface area contributed by atoms with Crippen LogP contribution in [0.2, 0.25) is 13.1 Å². The predicted molar refractivity (Wildman–Crippen MR) is 150 cm³/mol. The van der Waals surface area contributed by atoms with Crippen LogP contribution in [0.1, 0.15) is 5.56 Å². The minimum absolute atomic E-state index is 0. The number of hydrogen-bond donors (Lipinski definition) is 1. The average Bonchev–Trinajstić information content (AvgIpc) is 3.23. The summed E-state index contributed by atoms with van der Waals surface area (Å²) >= 11 is 0. The largest absolute Gasteiger partial charge is 0.506 e. The molecule has 0 atom stereocenters. The molecule has 3 aromatic heterocycles. The van der Waals surface area contributed by atoms with Gasteiger partial charge < -0.3 is 5.11 Å². The molecule has 0 saturated heterocycles. The molecule has 0 spiro atoms. The van der Waals surface area contributed by atoms with Crippen LogP contribution in [0.3, 0.4) is 0 Å². The summed E-state index contributed by atoms with van der Waals surface area (Å²) < 4.78 is 2.05. The van der Waals surface area contributed by atoms with Crippen LogP contribution in [0.4, 0.5) is 0 Å². The molecule has 0 unspecified atom stereocenters. The molecule has 1 N–H and O–H groups in total. The smallest absolute Gasteiger partial charge is 0.139 e. The van der Waals surface area contributed by atoms with E-state index in [0.717, 1.165) is 38.5 Å². The molecule has 0 fully saturated rings. The van der Waals surface area contributed by atoms with Crippen molar-refractivity contribution in [2.75, 3.05) is 0 Å². The van der Waals surface area contributed by atoms with Gasteiger partial charge in [-0.2, -0.15) is 0 Å². The molecule has 3 heterocycles. The molecular formula is C31H26N3OPtSi-. The number of phenols is 1. The second-order valence-corrected chi connectivity index (χ2v) is 14.0. The molecule has 6 rings (SSSR count). The van der Waals surface area contributed by atoms with Gasteiger partial charge in [0, 0.05) is 43.4 Å². The molecule has 0 aliphatic rings. The molecule has 0 bridgehead atoms. The van der Waals surface area contributed by atoms with Crippen molar-refractivity contribution in [2.24, 2.45) is 0 Å². The maximum Gasteiger partial charge on any atom is 0.139 e. The molecular weight excluding hydrogens is 654 g/mol. The van der Waals surface area contributed by atoms with E-state index >= 15 is 0 Å². The molecule has 37 heavy (non-hydrogen) atoms. The van der Waals surface area contributed by atoms with Crippen LogP contribution in [0, 0.1) is 13.0 Å². The Morgan fingerprint density at radius 2 is 1.59 bits per heavy atom. The summed E-state index contributed by atoms with van der Waals surface area (Å²) in [6.07, 6.45) is 1.87. The number of nitrogens with zero attached hydrogens (tertiary/aromatic N) is 3. The number of para-hydroxylation sites is 3. The summed E-state index contributed by atoms with van der Waals surface area (Å²) in [5.41, 5.74) is 5.55. The number of aryl methyl sites for hydroxylation is 1. The van der Waals surface area contributed by atoms with Crippen LogP contribution in [0.5, 0.6) is 5.75 Å². The van der Waals surface area contributed by atoms with Crippen LogP contribution in [0.15, 0.2) is 97.2 Å². The fourth-order valence-corrected chi connectivity index (χ4v) is 7.17. The van der Waals surface area contributed by atoms with Gasteiger partial charge in [-0.15, -0.1) is 34.5 Å². The first-order valence-corrected chi connectivity index (χ1v) is 15.1. The predicted octanol–water partition coefficient (Wildman–Crippen LogP) is 5.88. The van der Waals surface area contributed by atoms with Gasteiger partial charge in [-0.1, -0.05) is 68.5 Å². The van der Waals surface area contributed by atoms with E-state index < -0.39 is 8.07 Å². The monoisotopic (exact) mass is 679 g/mol. The van der Waals surface area contributed by atoms with E-state index in [1.807, 2.05) is 47.2 Å². The van der Waals surface area contributed by atoms with E-state index in [1.54, 1.807) is 6.07 Å². The van der Waals surface area contributed by atoms with E-state index in [-0.39, 0.29) is 26.8 Å². The average molecular weight is 680 g/mol. The third kappa shape index (κ3) is 4.33. The van der Waals surface area contributed by atoms with E-state index in [9.17, 15) is 5.11 Å². The van der Waals surface area contributed by atoms with Crippen molar-refractivity contribution in [3.63, 3.8) is 0 Å². The minimum Gasteiger partial charge on any atom is -0.506 e. The molecule has 6 heteroatoms. The quantitative estimate of drug-likeness (QED) is 0.187. The van der Waals surface area contributed by atoms with Gasteiger partial charge in [0.1, 0.15) is 19.5 Å². The van der Waals surface area contributed by atoms with Crippen LogP contribution in [0.25, 0.3) is 38.9 Å². The molecule has 0 aliphatic carbocycles. The summed E-state index contributed by atoms with van der Waals surface area (Å²) in [5.74, 6) is 0.222. The number of aromatic nitrogens is 3. The van der Waals surface area contributed by atoms with E-state index in [1.165, 1.54) is 10.8 Å². The van der Waals surface area contributed by atoms with Crippen LogP contribution in [-0.4, -0.2) is 27.7 Å². The van der Waals surface area contributed by atoms with Gasteiger partial charge in [0.15, 0.2) is 0 Å². The van der Waals surface area contributed by atoms with Crippen LogP contribution >= 0.6 is 0 Å². The maximum absolute atomic E-state index is 10.7. The van der Waals surface area contributed by atoms with Gasteiger partial charge in [0.05, 0.1) is 11.2 Å². The first kappa shape index (κ1) is 25.1. The van der Waals surface area contributed by atoms with Crippen molar-refractivity contribution in [3.05, 3.63) is 109 Å². The summed E-state index contributed by atoms with van der Waals surface area (Å²) in [5, 5.41) is 15.2. The number of rotatable bonds is 4. The Hall–Kier alpha value is -3.53. The summed E-state index contributed by atoms with van der Waals surface area (Å²) in [6.45, 7) is 6.76. The topological polar surface area (TPSA) is 50.9 Å². The maximum atomic E-state index is 10.7. The van der Waals surface area contributed by atoms with Gasteiger partial charge in [-0.05, 0) is 36.0 Å². The Morgan fingerprint density at radius 1 is 0.838 bits per heavy atom. The Bertz CT molecular complexity index is 1740. The zero-order chi connectivity index (χ0) is 24.9. The first-order chi connectivity index (χ1) is 17.4. The standard InChI is InChI=1S/C31H26N3OSi.Pt/c1-21-18-22(20-23(19-21)36(2,3)30-14-8-9-17-32-30)26-16-15-25-24-10-4-5-11-27(24)34(31(25)33-26)28-12-6-7-13-29(28)35;/h4-19,35H,1-3H3;/q-1;. The minimum atomic E-state index is -2.03. The van der Waals surface area contributed by atoms with Gasteiger partial charge >= 0.3 is 0 Å². The van der Waals surface area contributed by atoms with Crippen molar-refractivity contribution in [1.29, 1.82) is 0 Å². The molecule has 186 valence electrons. The summed E-state index contributed by atoms with van der Waals surface area (Å²) in [6, 6.07) is 34.1. The number of hydrogen-bond acceptors (Lipinski definition) is 3. The fraction of sp³-hybridized carbons (Fsp3) is 0.0968. The molecule has 0 radical (unpaired) electrons. The van der Waals surface area contributed by atoms with Gasteiger partial charge in [0.2, 0.25) is 0 Å². The van der Waals surface area contributed by atoms with Crippen molar-refractivity contribution < 1.29 is 26.2 Å². The van der Waals surface area contributed by atoms with E-state index in [4.69, 9.17) is 4.98 Å². The second-order valence-electron chi connectivity index (χ2n) is 9.73. The van der Waals surface area contributed by atoms with Crippen molar-refractivity contribution in [2.45, 2.75) is 20.0 Å². The molecule has 0 saturated carbocycles. The first-order valence-electron chi connectivity index (χ1n) is 12.1. The molecule has 3 aromatic carbocycles.